The maximum atomic E-state index is 12.9. The second-order valence-electron chi connectivity index (χ2n) is 6.61. The molecule has 0 saturated carbocycles. The van der Waals surface area contributed by atoms with Crippen LogP contribution in [0.25, 0.3) is 10.9 Å². The Kier molecular flexibility index (Phi) is 3.14. The largest absolute Gasteiger partial charge is 0.469 e. The number of hydrogen-bond acceptors (Lipinski definition) is 2. The summed E-state index contributed by atoms with van der Waals surface area (Å²) in [6.07, 6.45) is 2.52. The minimum absolute atomic E-state index is 0.00991. The highest BCUT2D eigenvalue weighted by Crippen LogP contribution is 2.47. The van der Waals surface area contributed by atoms with Crippen molar-refractivity contribution in [3.05, 3.63) is 106 Å². The van der Waals surface area contributed by atoms with E-state index in [1.54, 1.807) is 6.26 Å². The lowest BCUT2D eigenvalue weighted by Gasteiger charge is -2.18. The van der Waals surface area contributed by atoms with Crippen molar-refractivity contribution >= 4 is 10.9 Å². The van der Waals surface area contributed by atoms with Crippen LogP contribution < -0.4 is 5.56 Å². The van der Waals surface area contributed by atoms with E-state index in [-0.39, 0.29) is 17.4 Å². The molecule has 3 heteroatoms. The number of aromatic nitrogens is 1. The molecule has 0 saturated heterocycles. The van der Waals surface area contributed by atoms with Crippen molar-refractivity contribution in [3.63, 3.8) is 0 Å². The number of nitrogens with one attached hydrogen (secondary N) is 1. The van der Waals surface area contributed by atoms with Gasteiger partial charge in [-0.2, -0.15) is 0 Å². The Bertz CT molecular complexity index is 1090. The van der Waals surface area contributed by atoms with Crippen molar-refractivity contribution in [2.45, 2.75) is 18.3 Å². The maximum Gasteiger partial charge on any atom is 0.252 e. The molecule has 5 rings (SSSR count). The first kappa shape index (κ1) is 14.3. The number of para-hydroxylation sites is 1. The van der Waals surface area contributed by atoms with Crippen LogP contribution in [0.2, 0.25) is 0 Å². The van der Waals surface area contributed by atoms with Gasteiger partial charge in [0.2, 0.25) is 0 Å². The third-order valence-corrected chi connectivity index (χ3v) is 5.27. The Labute approximate surface area is 144 Å². The summed E-state index contributed by atoms with van der Waals surface area (Å²) in [5.41, 5.74) is 4.10. The van der Waals surface area contributed by atoms with Crippen molar-refractivity contribution < 1.29 is 4.42 Å². The van der Waals surface area contributed by atoms with Gasteiger partial charge >= 0.3 is 0 Å². The summed E-state index contributed by atoms with van der Waals surface area (Å²) in [6.45, 7) is 0. The molecular formula is C22H17NO2. The average Bonchev–Trinajstić information content (AvgIpc) is 3.30. The maximum absolute atomic E-state index is 12.9. The van der Waals surface area contributed by atoms with Gasteiger partial charge in [-0.25, -0.2) is 0 Å². The van der Waals surface area contributed by atoms with Crippen LogP contribution in [-0.4, -0.2) is 4.98 Å². The van der Waals surface area contributed by atoms with Crippen LogP contribution in [0.3, 0.4) is 0 Å². The number of hydrogen-bond donors (Lipinski definition) is 1. The third kappa shape index (κ3) is 2.16. The minimum atomic E-state index is 0.00991. The first-order valence-corrected chi connectivity index (χ1v) is 8.55. The van der Waals surface area contributed by atoms with Crippen LogP contribution >= 0.6 is 0 Å². The highest BCUT2D eigenvalue weighted by atomic mass is 16.3. The second-order valence-corrected chi connectivity index (χ2v) is 6.61. The van der Waals surface area contributed by atoms with E-state index in [0.717, 1.165) is 39.8 Å². The molecule has 1 aliphatic rings. The summed E-state index contributed by atoms with van der Waals surface area (Å²) in [5.74, 6) is 1.09. The highest BCUT2D eigenvalue weighted by molar-refractivity contribution is 5.84. The number of benzene rings is 2. The van der Waals surface area contributed by atoms with E-state index in [9.17, 15) is 4.79 Å². The van der Waals surface area contributed by atoms with Crippen molar-refractivity contribution in [1.29, 1.82) is 0 Å². The van der Waals surface area contributed by atoms with Crippen LogP contribution in [0.15, 0.2) is 82.2 Å². The normalized spacial score (nSPS) is 19.2. The van der Waals surface area contributed by atoms with Gasteiger partial charge < -0.3 is 9.40 Å². The molecule has 0 bridgehead atoms. The van der Waals surface area contributed by atoms with Crippen LogP contribution in [0.1, 0.15) is 34.3 Å². The van der Waals surface area contributed by atoms with E-state index in [2.05, 4.69) is 23.2 Å². The Morgan fingerprint density at radius 2 is 1.72 bits per heavy atom. The Morgan fingerprint density at radius 3 is 2.52 bits per heavy atom. The van der Waals surface area contributed by atoms with E-state index in [0.29, 0.717) is 0 Å². The molecule has 4 aromatic rings. The van der Waals surface area contributed by atoms with Crippen molar-refractivity contribution in [1.82, 2.24) is 4.98 Å². The third-order valence-electron chi connectivity index (χ3n) is 5.27. The SMILES string of the molecule is O=c1[nH]c2ccccc2c2c1[C@@H](c1ccccc1)[C@H](c1ccco1)C2. The molecule has 0 spiro atoms. The van der Waals surface area contributed by atoms with Gasteiger partial charge in [-0.3, -0.25) is 4.79 Å². The molecule has 1 N–H and O–H groups in total. The molecule has 25 heavy (non-hydrogen) atoms. The lowest BCUT2D eigenvalue weighted by Crippen LogP contribution is -2.17. The first-order chi connectivity index (χ1) is 12.3. The summed E-state index contributed by atoms with van der Waals surface area (Å²) in [5, 5.41) is 1.13. The van der Waals surface area contributed by atoms with Gasteiger partial charge in [0.25, 0.3) is 5.56 Å². The number of rotatable bonds is 2. The molecule has 0 fully saturated rings. The Morgan fingerprint density at radius 1 is 0.920 bits per heavy atom. The molecule has 0 unspecified atom stereocenters. The molecule has 2 aromatic carbocycles. The number of H-pyrrole nitrogens is 1. The molecule has 0 radical (unpaired) electrons. The van der Waals surface area contributed by atoms with Crippen molar-refractivity contribution in [3.8, 4) is 0 Å². The van der Waals surface area contributed by atoms with E-state index in [1.165, 1.54) is 0 Å². The fourth-order valence-electron chi connectivity index (χ4n) is 4.24. The van der Waals surface area contributed by atoms with Crippen LogP contribution in [0.5, 0.6) is 0 Å². The van der Waals surface area contributed by atoms with Gasteiger partial charge in [0.15, 0.2) is 0 Å². The predicted octanol–water partition coefficient (Wildman–Crippen LogP) is 4.59. The van der Waals surface area contributed by atoms with E-state index < -0.39 is 0 Å². The lowest BCUT2D eigenvalue weighted by molar-refractivity contribution is 0.451. The minimum Gasteiger partial charge on any atom is -0.469 e. The van der Waals surface area contributed by atoms with Gasteiger partial charge in [-0.05, 0) is 35.7 Å². The summed E-state index contributed by atoms with van der Waals surface area (Å²) in [6, 6.07) is 22.2. The smallest absolute Gasteiger partial charge is 0.252 e. The fraction of sp³-hybridized carbons (Fsp3) is 0.136. The van der Waals surface area contributed by atoms with Gasteiger partial charge in [-0.15, -0.1) is 0 Å². The summed E-state index contributed by atoms with van der Waals surface area (Å²) < 4.78 is 5.74. The molecule has 2 heterocycles. The zero-order valence-corrected chi connectivity index (χ0v) is 13.6. The average molecular weight is 327 g/mol. The molecular weight excluding hydrogens is 310 g/mol. The summed E-state index contributed by atoms with van der Waals surface area (Å²) >= 11 is 0. The van der Waals surface area contributed by atoms with E-state index in [1.807, 2.05) is 48.5 Å². The highest BCUT2D eigenvalue weighted by Gasteiger charge is 2.39. The molecule has 2 aromatic heterocycles. The second kappa shape index (κ2) is 5.49. The molecule has 2 atom stereocenters. The van der Waals surface area contributed by atoms with Crippen LogP contribution in [0.4, 0.5) is 0 Å². The van der Waals surface area contributed by atoms with Crippen molar-refractivity contribution in [2.24, 2.45) is 0 Å². The molecule has 122 valence electrons. The van der Waals surface area contributed by atoms with Crippen molar-refractivity contribution in [2.75, 3.05) is 0 Å². The monoisotopic (exact) mass is 327 g/mol. The molecule has 0 aliphatic heterocycles. The number of pyridine rings is 1. The van der Waals surface area contributed by atoms with Gasteiger partial charge in [0, 0.05) is 28.3 Å². The van der Waals surface area contributed by atoms with Crippen LogP contribution in [-0.2, 0) is 6.42 Å². The van der Waals surface area contributed by atoms with Crippen LogP contribution in [0, 0.1) is 0 Å². The van der Waals surface area contributed by atoms with E-state index in [4.69, 9.17) is 4.42 Å². The number of furan rings is 1. The standard InChI is InChI=1S/C22H17NO2/c24-22-21-16(15-9-4-5-10-18(15)23-22)13-17(19-11-6-12-25-19)20(21)14-7-2-1-3-8-14/h1-12,17,20H,13H2,(H,23,24)/t17-,20-/m0/s1. The molecule has 3 nitrogen and oxygen atoms in total. The number of aromatic amines is 1. The van der Waals surface area contributed by atoms with E-state index >= 15 is 0 Å². The first-order valence-electron chi connectivity index (χ1n) is 8.55. The quantitative estimate of drug-likeness (QED) is 0.585. The Hall–Kier alpha value is -3.07. The van der Waals surface area contributed by atoms with Gasteiger partial charge in [0.1, 0.15) is 5.76 Å². The van der Waals surface area contributed by atoms with Gasteiger partial charge in [0.05, 0.1) is 6.26 Å². The predicted molar refractivity (Wildman–Crippen MR) is 98.0 cm³/mol. The fourth-order valence-corrected chi connectivity index (χ4v) is 4.24. The zero-order chi connectivity index (χ0) is 16.8. The summed E-state index contributed by atoms with van der Waals surface area (Å²) in [7, 11) is 0. The Balaban J connectivity index is 1.81. The van der Waals surface area contributed by atoms with Gasteiger partial charge in [-0.1, -0.05) is 48.5 Å². The number of fused-ring (bicyclic) bond motifs is 3. The lowest BCUT2D eigenvalue weighted by atomic mass is 9.85. The molecule has 0 amide bonds. The summed E-state index contributed by atoms with van der Waals surface area (Å²) in [4.78, 5) is 16.0. The topological polar surface area (TPSA) is 46.0 Å². The molecule has 1 aliphatic carbocycles. The zero-order valence-electron chi connectivity index (χ0n) is 13.6.